The molecule has 2 aromatic rings. The average molecular weight is 419 g/mol. The molecule has 1 amide bonds. The van der Waals surface area contributed by atoms with Crippen molar-refractivity contribution in [2.45, 2.75) is 20.3 Å². The molecular weight excluding hydrogens is 398 g/mol. The predicted octanol–water partition coefficient (Wildman–Crippen LogP) is 2.65. The fourth-order valence-electron chi connectivity index (χ4n) is 2.79. The van der Waals surface area contributed by atoms with E-state index in [1.54, 1.807) is 25.1 Å². The van der Waals surface area contributed by atoms with Gasteiger partial charge in [-0.2, -0.15) is 0 Å². The maximum absolute atomic E-state index is 12.2. The minimum atomic E-state index is -0.552. The van der Waals surface area contributed by atoms with Crippen LogP contribution in [0.3, 0.4) is 0 Å². The molecule has 0 fully saturated rings. The second-order valence-electron chi connectivity index (χ2n) is 6.34. The van der Waals surface area contributed by atoms with E-state index >= 15 is 0 Å². The van der Waals surface area contributed by atoms with E-state index in [2.05, 4.69) is 5.32 Å². The van der Waals surface area contributed by atoms with Crippen molar-refractivity contribution in [2.75, 3.05) is 32.2 Å². The van der Waals surface area contributed by atoms with Gasteiger partial charge in [-0.05, 0) is 37.1 Å². The number of esters is 2. The van der Waals surface area contributed by atoms with Gasteiger partial charge in [-0.1, -0.05) is 6.07 Å². The lowest BCUT2D eigenvalue weighted by molar-refractivity contribution is -0.146. The Bertz CT molecular complexity index is 951. The highest BCUT2D eigenvalue weighted by Crippen LogP contribution is 2.33. The molecular formula is C20H21NO7S. The van der Waals surface area contributed by atoms with Crippen molar-refractivity contribution in [3.8, 4) is 11.5 Å². The summed E-state index contributed by atoms with van der Waals surface area (Å²) in [6, 6.07) is 5.20. The first kappa shape index (κ1) is 20.7. The minimum Gasteiger partial charge on any atom is -0.486 e. The number of fused-ring (bicyclic) bond motifs is 1. The molecule has 0 spiro atoms. The van der Waals surface area contributed by atoms with Gasteiger partial charge in [0, 0.05) is 4.88 Å². The van der Waals surface area contributed by atoms with E-state index in [0.29, 0.717) is 40.8 Å². The van der Waals surface area contributed by atoms with Gasteiger partial charge in [-0.15, -0.1) is 11.3 Å². The van der Waals surface area contributed by atoms with Crippen LogP contribution in [0, 0.1) is 13.8 Å². The van der Waals surface area contributed by atoms with E-state index in [1.165, 1.54) is 18.4 Å². The number of rotatable bonds is 6. The second kappa shape index (κ2) is 8.95. The fraction of sp³-hybridized carbons (Fsp3) is 0.350. The Morgan fingerprint density at radius 1 is 1.14 bits per heavy atom. The molecule has 0 aliphatic carbocycles. The number of ether oxygens (including phenoxy) is 4. The standard InChI is InChI=1S/C20H21NO7S/c1-11-12(2)29-19(18(11)20(24)25-3)21-16(22)10-28-17(23)9-13-4-5-14-15(8-13)27-7-6-26-14/h4-5,8H,6-7,9-10H2,1-3H3,(H,21,22). The summed E-state index contributed by atoms with van der Waals surface area (Å²) in [6.45, 7) is 4.11. The molecule has 29 heavy (non-hydrogen) atoms. The van der Waals surface area contributed by atoms with Crippen LogP contribution in [0.5, 0.6) is 11.5 Å². The van der Waals surface area contributed by atoms with Crippen LogP contribution in [0.25, 0.3) is 0 Å². The molecule has 0 unspecified atom stereocenters. The molecule has 2 heterocycles. The normalized spacial score (nSPS) is 12.2. The third-order valence-electron chi connectivity index (χ3n) is 4.35. The van der Waals surface area contributed by atoms with Crippen LogP contribution in [-0.2, 0) is 25.5 Å². The van der Waals surface area contributed by atoms with E-state index in [4.69, 9.17) is 18.9 Å². The summed E-state index contributed by atoms with van der Waals surface area (Å²) >= 11 is 1.26. The Hall–Kier alpha value is -3.07. The van der Waals surface area contributed by atoms with Crippen molar-refractivity contribution in [3.63, 3.8) is 0 Å². The van der Waals surface area contributed by atoms with Crippen LogP contribution in [0.4, 0.5) is 5.00 Å². The summed E-state index contributed by atoms with van der Waals surface area (Å²) < 4.78 is 20.7. The molecule has 0 saturated carbocycles. The van der Waals surface area contributed by atoms with Crippen molar-refractivity contribution in [1.29, 1.82) is 0 Å². The van der Waals surface area contributed by atoms with Gasteiger partial charge in [0.15, 0.2) is 18.1 Å². The number of nitrogens with one attached hydrogen (secondary N) is 1. The first-order valence-corrected chi connectivity index (χ1v) is 9.73. The zero-order valence-electron chi connectivity index (χ0n) is 16.3. The van der Waals surface area contributed by atoms with Crippen LogP contribution in [0.15, 0.2) is 18.2 Å². The summed E-state index contributed by atoms with van der Waals surface area (Å²) in [5, 5.41) is 2.99. The first-order chi connectivity index (χ1) is 13.9. The molecule has 8 nitrogen and oxygen atoms in total. The van der Waals surface area contributed by atoms with Crippen molar-refractivity contribution >= 4 is 34.2 Å². The highest BCUT2D eigenvalue weighted by Gasteiger charge is 2.22. The Morgan fingerprint density at radius 2 is 1.86 bits per heavy atom. The lowest BCUT2D eigenvalue weighted by atomic mass is 10.1. The molecule has 0 atom stereocenters. The maximum Gasteiger partial charge on any atom is 0.341 e. The zero-order valence-corrected chi connectivity index (χ0v) is 17.1. The third kappa shape index (κ3) is 4.86. The average Bonchev–Trinajstić information content (AvgIpc) is 2.99. The van der Waals surface area contributed by atoms with Gasteiger partial charge in [0.1, 0.15) is 18.2 Å². The van der Waals surface area contributed by atoms with Gasteiger partial charge < -0.3 is 24.3 Å². The molecule has 154 valence electrons. The number of amides is 1. The monoisotopic (exact) mass is 419 g/mol. The largest absolute Gasteiger partial charge is 0.486 e. The summed E-state index contributed by atoms with van der Waals surface area (Å²) in [5.41, 5.74) is 1.75. The molecule has 1 aromatic heterocycles. The Kier molecular flexibility index (Phi) is 6.38. The first-order valence-electron chi connectivity index (χ1n) is 8.91. The topological polar surface area (TPSA) is 100 Å². The van der Waals surface area contributed by atoms with Gasteiger partial charge in [0.2, 0.25) is 0 Å². The van der Waals surface area contributed by atoms with Crippen LogP contribution < -0.4 is 14.8 Å². The van der Waals surface area contributed by atoms with Crippen molar-refractivity contribution < 1.29 is 33.3 Å². The summed E-state index contributed by atoms with van der Waals surface area (Å²) in [6.07, 6.45) is -0.00541. The molecule has 1 aliphatic rings. The smallest absolute Gasteiger partial charge is 0.341 e. The molecule has 0 bridgehead atoms. The van der Waals surface area contributed by atoms with Crippen molar-refractivity contribution in [3.05, 3.63) is 39.8 Å². The number of anilines is 1. The molecule has 1 aliphatic heterocycles. The van der Waals surface area contributed by atoms with Gasteiger partial charge in [-0.3, -0.25) is 9.59 Å². The van der Waals surface area contributed by atoms with Crippen molar-refractivity contribution in [1.82, 2.24) is 0 Å². The van der Waals surface area contributed by atoms with Crippen LogP contribution in [0.1, 0.15) is 26.4 Å². The van der Waals surface area contributed by atoms with E-state index in [0.717, 1.165) is 10.4 Å². The zero-order chi connectivity index (χ0) is 21.0. The number of benzene rings is 1. The van der Waals surface area contributed by atoms with Gasteiger partial charge >= 0.3 is 11.9 Å². The maximum atomic E-state index is 12.2. The molecule has 9 heteroatoms. The van der Waals surface area contributed by atoms with Gasteiger partial charge in [0.25, 0.3) is 5.91 Å². The van der Waals surface area contributed by atoms with Gasteiger partial charge in [-0.25, -0.2) is 4.79 Å². The number of hydrogen-bond donors (Lipinski definition) is 1. The number of methoxy groups -OCH3 is 1. The summed E-state index contributed by atoms with van der Waals surface area (Å²) in [7, 11) is 1.28. The van der Waals surface area contributed by atoms with E-state index in [-0.39, 0.29) is 6.42 Å². The van der Waals surface area contributed by atoms with Crippen LogP contribution in [-0.4, -0.2) is 44.8 Å². The third-order valence-corrected chi connectivity index (χ3v) is 5.47. The number of carbonyl (C=O) groups is 3. The number of aryl methyl sites for hydroxylation is 1. The molecule has 0 radical (unpaired) electrons. The number of carbonyl (C=O) groups excluding carboxylic acids is 3. The lowest BCUT2D eigenvalue weighted by Crippen LogP contribution is -2.22. The van der Waals surface area contributed by atoms with Gasteiger partial charge in [0.05, 0.1) is 19.1 Å². The second-order valence-corrected chi connectivity index (χ2v) is 7.57. The number of thiophene rings is 1. The highest BCUT2D eigenvalue weighted by molar-refractivity contribution is 7.16. The molecule has 1 N–H and O–H groups in total. The van der Waals surface area contributed by atoms with E-state index in [9.17, 15) is 14.4 Å². The quantitative estimate of drug-likeness (QED) is 0.719. The van der Waals surface area contributed by atoms with E-state index in [1.807, 2.05) is 6.92 Å². The molecule has 0 saturated heterocycles. The minimum absolute atomic E-state index is 0.00541. The van der Waals surface area contributed by atoms with E-state index < -0.39 is 24.5 Å². The molecule has 1 aromatic carbocycles. The summed E-state index contributed by atoms with van der Waals surface area (Å²) in [4.78, 5) is 37.1. The fourth-order valence-corrected chi connectivity index (χ4v) is 3.85. The Labute approximate surface area is 171 Å². The number of hydrogen-bond acceptors (Lipinski definition) is 8. The highest BCUT2D eigenvalue weighted by atomic mass is 32.1. The summed E-state index contributed by atoms with van der Waals surface area (Å²) in [5.74, 6) is -0.401. The Morgan fingerprint density at radius 3 is 2.59 bits per heavy atom. The van der Waals surface area contributed by atoms with Crippen molar-refractivity contribution in [2.24, 2.45) is 0 Å². The predicted molar refractivity (Wildman–Crippen MR) is 106 cm³/mol. The lowest BCUT2D eigenvalue weighted by Gasteiger charge is -2.18. The van der Waals surface area contributed by atoms with Crippen LogP contribution >= 0.6 is 11.3 Å². The SMILES string of the molecule is COC(=O)c1c(NC(=O)COC(=O)Cc2ccc3c(c2)OCCO3)sc(C)c1C. The Balaban J connectivity index is 1.55. The van der Waals surface area contributed by atoms with Crippen LogP contribution in [0.2, 0.25) is 0 Å². The molecule has 3 rings (SSSR count).